The Morgan fingerprint density at radius 1 is 0.710 bits per heavy atom. The molecule has 1 aromatic rings. The summed E-state index contributed by atoms with van der Waals surface area (Å²) in [6.07, 6.45) is 21.8. The summed E-state index contributed by atoms with van der Waals surface area (Å²) in [5, 5.41) is 5.85. The average molecular weight is 433 g/mol. The van der Waals surface area contributed by atoms with E-state index in [2.05, 4.69) is 17.6 Å². The van der Waals surface area contributed by atoms with Gasteiger partial charge in [-0.25, -0.2) is 4.79 Å². The van der Waals surface area contributed by atoms with Crippen LogP contribution in [0, 0.1) is 0 Å². The second-order valence-corrected chi connectivity index (χ2v) is 8.72. The van der Waals surface area contributed by atoms with E-state index in [0.29, 0.717) is 6.54 Å². The number of para-hydroxylation sites is 1. The molecule has 0 saturated heterocycles. The van der Waals surface area contributed by atoms with Gasteiger partial charge < -0.3 is 15.4 Å². The van der Waals surface area contributed by atoms with E-state index in [9.17, 15) is 4.79 Å². The maximum absolute atomic E-state index is 11.9. The number of carbonyl (C=O) groups excluding carboxylic acids is 1. The van der Waals surface area contributed by atoms with E-state index in [0.717, 1.165) is 24.3 Å². The number of hydrogen-bond donors (Lipinski definition) is 2. The number of urea groups is 1. The minimum absolute atomic E-state index is 0.105. The van der Waals surface area contributed by atoms with Crippen LogP contribution in [0.1, 0.15) is 115 Å². The van der Waals surface area contributed by atoms with Gasteiger partial charge in [-0.2, -0.15) is 0 Å². The van der Waals surface area contributed by atoms with Gasteiger partial charge in [0.1, 0.15) is 5.75 Å². The predicted octanol–water partition coefficient (Wildman–Crippen LogP) is 7.76. The topological polar surface area (TPSA) is 50.4 Å². The fraction of sp³-hybridized carbons (Fsp3) is 0.741. The molecule has 0 aromatic heterocycles. The SMILES string of the molecule is CCCCCCCCCCCCCCCCCCNC(=O)NCc1ccccc1OC. The van der Waals surface area contributed by atoms with Gasteiger partial charge in [-0.3, -0.25) is 0 Å². The number of hydrogen-bond acceptors (Lipinski definition) is 2. The van der Waals surface area contributed by atoms with Crippen LogP contribution < -0.4 is 15.4 Å². The van der Waals surface area contributed by atoms with Gasteiger partial charge in [0.05, 0.1) is 7.11 Å². The van der Waals surface area contributed by atoms with E-state index in [1.165, 1.54) is 96.3 Å². The van der Waals surface area contributed by atoms with Crippen molar-refractivity contribution in [3.05, 3.63) is 29.8 Å². The van der Waals surface area contributed by atoms with E-state index in [4.69, 9.17) is 4.74 Å². The maximum atomic E-state index is 11.9. The standard InChI is InChI=1S/C27H48N2O2/c1-3-4-5-6-7-8-9-10-11-12-13-14-15-16-17-20-23-28-27(30)29-24-25-21-18-19-22-26(25)31-2/h18-19,21-22H,3-17,20,23-24H2,1-2H3,(H2,28,29,30). The molecule has 0 fully saturated rings. The Morgan fingerprint density at radius 2 is 1.19 bits per heavy atom. The number of methoxy groups -OCH3 is 1. The molecule has 0 radical (unpaired) electrons. The minimum Gasteiger partial charge on any atom is -0.496 e. The van der Waals surface area contributed by atoms with Crippen molar-refractivity contribution < 1.29 is 9.53 Å². The number of unbranched alkanes of at least 4 members (excludes halogenated alkanes) is 15. The van der Waals surface area contributed by atoms with E-state index in [-0.39, 0.29) is 6.03 Å². The quantitative estimate of drug-likeness (QED) is 0.207. The number of benzene rings is 1. The third-order valence-corrected chi connectivity index (χ3v) is 5.95. The number of nitrogens with one attached hydrogen (secondary N) is 2. The summed E-state index contributed by atoms with van der Waals surface area (Å²) in [6, 6.07) is 7.65. The molecule has 0 unspecified atom stereocenters. The molecule has 1 aromatic carbocycles. The highest BCUT2D eigenvalue weighted by Gasteiger charge is 2.04. The summed E-state index contributed by atoms with van der Waals surface area (Å²) < 4.78 is 5.30. The second-order valence-electron chi connectivity index (χ2n) is 8.72. The molecule has 0 aliphatic rings. The van der Waals surface area contributed by atoms with Crippen LogP contribution in [0.5, 0.6) is 5.75 Å². The van der Waals surface area contributed by atoms with Crippen LogP contribution >= 0.6 is 0 Å². The monoisotopic (exact) mass is 432 g/mol. The van der Waals surface area contributed by atoms with Gasteiger partial charge in [-0.05, 0) is 12.5 Å². The van der Waals surface area contributed by atoms with E-state index in [1.54, 1.807) is 7.11 Å². The molecular formula is C27H48N2O2. The van der Waals surface area contributed by atoms with Gasteiger partial charge >= 0.3 is 6.03 Å². The average Bonchev–Trinajstić information content (AvgIpc) is 2.79. The molecule has 0 aliphatic heterocycles. The van der Waals surface area contributed by atoms with Crippen molar-refractivity contribution in [3.63, 3.8) is 0 Å². The van der Waals surface area contributed by atoms with E-state index >= 15 is 0 Å². The summed E-state index contributed by atoms with van der Waals surface area (Å²) in [4.78, 5) is 11.9. The van der Waals surface area contributed by atoms with Crippen molar-refractivity contribution in [1.29, 1.82) is 0 Å². The van der Waals surface area contributed by atoms with Gasteiger partial charge in [0.15, 0.2) is 0 Å². The zero-order chi connectivity index (χ0) is 22.4. The molecular weight excluding hydrogens is 384 g/mol. The van der Waals surface area contributed by atoms with Crippen molar-refractivity contribution in [3.8, 4) is 5.75 Å². The Hall–Kier alpha value is -1.71. The van der Waals surface area contributed by atoms with Crippen molar-refractivity contribution >= 4 is 6.03 Å². The number of amides is 2. The molecule has 2 amide bonds. The molecule has 31 heavy (non-hydrogen) atoms. The zero-order valence-electron chi connectivity index (χ0n) is 20.4. The van der Waals surface area contributed by atoms with Crippen molar-refractivity contribution in [2.45, 2.75) is 116 Å². The Balaban J connectivity index is 1.81. The summed E-state index contributed by atoms with van der Waals surface area (Å²) >= 11 is 0. The lowest BCUT2D eigenvalue weighted by molar-refractivity contribution is 0.240. The van der Waals surface area contributed by atoms with Gasteiger partial charge in [0.25, 0.3) is 0 Å². The van der Waals surface area contributed by atoms with Crippen LogP contribution in [0.4, 0.5) is 4.79 Å². The van der Waals surface area contributed by atoms with Crippen LogP contribution in [0.25, 0.3) is 0 Å². The van der Waals surface area contributed by atoms with Gasteiger partial charge in [-0.15, -0.1) is 0 Å². The maximum Gasteiger partial charge on any atom is 0.315 e. The Labute approximate surface area is 191 Å². The van der Waals surface area contributed by atoms with Crippen LogP contribution in [0.2, 0.25) is 0 Å². The first kappa shape index (κ1) is 27.3. The number of rotatable bonds is 20. The molecule has 0 heterocycles. The first-order valence-electron chi connectivity index (χ1n) is 12.9. The number of carbonyl (C=O) groups is 1. The molecule has 4 nitrogen and oxygen atoms in total. The van der Waals surface area contributed by atoms with Gasteiger partial charge in [0, 0.05) is 18.7 Å². The Bertz CT molecular complexity index is 548. The second kappa shape index (κ2) is 20.2. The lowest BCUT2D eigenvalue weighted by Crippen LogP contribution is -2.35. The number of ether oxygens (including phenoxy) is 1. The highest BCUT2D eigenvalue weighted by atomic mass is 16.5. The molecule has 0 bridgehead atoms. The lowest BCUT2D eigenvalue weighted by Gasteiger charge is -2.10. The van der Waals surface area contributed by atoms with Crippen molar-refractivity contribution in [2.75, 3.05) is 13.7 Å². The lowest BCUT2D eigenvalue weighted by atomic mass is 10.0. The van der Waals surface area contributed by atoms with Gasteiger partial charge in [0.2, 0.25) is 0 Å². The molecule has 2 N–H and O–H groups in total. The smallest absolute Gasteiger partial charge is 0.315 e. The van der Waals surface area contributed by atoms with E-state index in [1.807, 2.05) is 24.3 Å². The minimum atomic E-state index is -0.105. The van der Waals surface area contributed by atoms with Crippen LogP contribution in [0.15, 0.2) is 24.3 Å². The molecule has 0 spiro atoms. The predicted molar refractivity (Wildman–Crippen MR) is 133 cm³/mol. The molecule has 0 atom stereocenters. The first-order valence-corrected chi connectivity index (χ1v) is 12.9. The fourth-order valence-electron chi connectivity index (χ4n) is 3.96. The normalized spacial score (nSPS) is 10.8. The Morgan fingerprint density at radius 3 is 1.71 bits per heavy atom. The molecule has 0 aliphatic carbocycles. The summed E-state index contributed by atoms with van der Waals surface area (Å²) in [5.41, 5.74) is 0.988. The largest absolute Gasteiger partial charge is 0.496 e. The van der Waals surface area contributed by atoms with Crippen molar-refractivity contribution in [2.24, 2.45) is 0 Å². The van der Waals surface area contributed by atoms with Crippen molar-refractivity contribution in [1.82, 2.24) is 10.6 Å². The van der Waals surface area contributed by atoms with Crippen LogP contribution in [-0.2, 0) is 6.54 Å². The molecule has 1 rings (SSSR count). The summed E-state index contributed by atoms with van der Waals surface area (Å²) in [6.45, 7) is 3.51. The first-order chi connectivity index (χ1) is 15.3. The van der Waals surface area contributed by atoms with Gasteiger partial charge in [-0.1, -0.05) is 121 Å². The molecule has 178 valence electrons. The summed E-state index contributed by atoms with van der Waals surface area (Å²) in [7, 11) is 1.65. The summed E-state index contributed by atoms with van der Waals surface area (Å²) in [5.74, 6) is 0.806. The fourth-order valence-corrected chi connectivity index (χ4v) is 3.96. The van der Waals surface area contributed by atoms with Crippen LogP contribution in [0.3, 0.4) is 0 Å². The molecule has 4 heteroatoms. The third-order valence-electron chi connectivity index (χ3n) is 5.95. The highest BCUT2D eigenvalue weighted by molar-refractivity contribution is 5.73. The highest BCUT2D eigenvalue weighted by Crippen LogP contribution is 2.16. The molecule has 0 saturated carbocycles. The third kappa shape index (κ3) is 15.7. The zero-order valence-corrected chi connectivity index (χ0v) is 20.4. The Kier molecular flexibility index (Phi) is 17.8. The van der Waals surface area contributed by atoms with Crippen LogP contribution in [-0.4, -0.2) is 19.7 Å². The van der Waals surface area contributed by atoms with E-state index < -0.39 is 0 Å².